The van der Waals surface area contributed by atoms with Crippen molar-refractivity contribution >= 4 is 17.6 Å². The van der Waals surface area contributed by atoms with Crippen molar-refractivity contribution < 1.29 is 9.90 Å². The van der Waals surface area contributed by atoms with Crippen molar-refractivity contribution in [3.05, 3.63) is 57.0 Å². The van der Waals surface area contributed by atoms with Gasteiger partial charge in [-0.15, -0.1) is 0 Å². The largest absolute Gasteiger partial charge is 0.477 e. The molecule has 0 bridgehead atoms. The van der Waals surface area contributed by atoms with Gasteiger partial charge in [0.25, 0.3) is 0 Å². The lowest BCUT2D eigenvalue weighted by molar-refractivity contribution is 0.0693. The van der Waals surface area contributed by atoms with Crippen LogP contribution < -0.4 is 5.43 Å². The van der Waals surface area contributed by atoms with Crippen LogP contribution in [0.3, 0.4) is 0 Å². The van der Waals surface area contributed by atoms with Crippen molar-refractivity contribution in [3.8, 4) is 5.69 Å². The molecule has 5 nitrogen and oxygen atoms in total. The van der Waals surface area contributed by atoms with Crippen LogP contribution in [0.2, 0.25) is 5.02 Å². The van der Waals surface area contributed by atoms with E-state index in [1.165, 1.54) is 4.68 Å². The van der Waals surface area contributed by atoms with Gasteiger partial charge in [0.15, 0.2) is 0 Å². The first-order valence-electron chi connectivity index (χ1n) is 5.65. The van der Waals surface area contributed by atoms with Crippen molar-refractivity contribution in [2.75, 3.05) is 0 Å². The van der Waals surface area contributed by atoms with Gasteiger partial charge < -0.3 is 5.11 Å². The summed E-state index contributed by atoms with van der Waals surface area (Å²) in [7, 11) is 0. The highest BCUT2D eigenvalue weighted by Gasteiger charge is 2.18. The molecule has 2 aromatic rings. The Hall–Kier alpha value is -2.14. The lowest BCUT2D eigenvalue weighted by Gasteiger charge is -2.13. The summed E-state index contributed by atoms with van der Waals surface area (Å²) in [5.74, 6) is -1.26. The summed E-state index contributed by atoms with van der Waals surface area (Å²) in [5, 5.41) is 13.6. The van der Waals surface area contributed by atoms with Gasteiger partial charge >= 0.3 is 5.97 Å². The fourth-order valence-corrected chi connectivity index (χ4v) is 2.09. The first kappa shape index (κ1) is 13.3. The van der Waals surface area contributed by atoms with E-state index in [2.05, 4.69) is 5.10 Å². The minimum Gasteiger partial charge on any atom is -0.477 e. The number of carbonyl (C=O) groups is 1. The molecule has 0 fully saturated rings. The molecular formula is C13H11ClN2O3. The summed E-state index contributed by atoms with van der Waals surface area (Å²) in [4.78, 5) is 22.8. The van der Waals surface area contributed by atoms with Crippen molar-refractivity contribution in [1.29, 1.82) is 0 Å². The highest BCUT2D eigenvalue weighted by atomic mass is 35.5. The minimum atomic E-state index is -1.26. The third-order valence-electron chi connectivity index (χ3n) is 2.71. The van der Waals surface area contributed by atoms with E-state index >= 15 is 0 Å². The lowest BCUT2D eigenvalue weighted by atomic mass is 10.1. The maximum absolute atomic E-state index is 11.6. The maximum atomic E-state index is 11.6. The molecule has 1 aromatic carbocycles. The number of hydrogen-bond acceptors (Lipinski definition) is 3. The van der Waals surface area contributed by atoms with E-state index in [-0.39, 0.29) is 5.56 Å². The van der Waals surface area contributed by atoms with Crippen LogP contribution in [0.25, 0.3) is 5.69 Å². The molecule has 0 unspecified atom stereocenters. The summed E-state index contributed by atoms with van der Waals surface area (Å²) in [6.07, 6.45) is 1.35. The summed E-state index contributed by atoms with van der Waals surface area (Å²) in [6, 6.07) is 6.92. The fourth-order valence-electron chi connectivity index (χ4n) is 1.88. The van der Waals surface area contributed by atoms with Gasteiger partial charge in [-0.1, -0.05) is 30.7 Å². The molecule has 0 amide bonds. The van der Waals surface area contributed by atoms with E-state index in [1.54, 1.807) is 31.2 Å². The van der Waals surface area contributed by atoms with Crippen LogP contribution in [0, 0.1) is 0 Å². The molecule has 1 aromatic heterocycles. The van der Waals surface area contributed by atoms with Crippen LogP contribution in [-0.4, -0.2) is 20.9 Å². The summed E-state index contributed by atoms with van der Waals surface area (Å²) in [6.45, 7) is 1.76. The lowest BCUT2D eigenvalue weighted by Crippen LogP contribution is -2.24. The number of hydrogen-bond donors (Lipinski definition) is 1. The Morgan fingerprint density at radius 3 is 2.68 bits per heavy atom. The second-order valence-electron chi connectivity index (χ2n) is 3.85. The molecule has 19 heavy (non-hydrogen) atoms. The van der Waals surface area contributed by atoms with Crippen LogP contribution in [0.4, 0.5) is 0 Å². The van der Waals surface area contributed by atoms with Gasteiger partial charge in [-0.2, -0.15) is 5.10 Å². The molecule has 0 spiro atoms. The van der Waals surface area contributed by atoms with E-state index < -0.39 is 11.4 Å². The number of carboxylic acid groups (broad SMARTS) is 1. The van der Waals surface area contributed by atoms with Gasteiger partial charge in [0.05, 0.1) is 22.6 Å². The second-order valence-corrected chi connectivity index (χ2v) is 4.26. The number of carboxylic acids is 1. The Labute approximate surface area is 114 Å². The second kappa shape index (κ2) is 5.24. The summed E-state index contributed by atoms with van der Waals surface area (Å²) in [5.41, 5.74) is 0.00156. The summed E-state index contributed by atoms with van der Waals surface area (Å²) < 4.78 is 1.40. The van der Waals surface area contributed by atoms with Gasteiger partial charge in [-0.05, 0) is 18.6 Å². The van der Waals surface area contributed by atoms with E-state index in [0.717, 1.165) is 6.20 Å². The average molecular weight is 279 g/mol. The highest BCUT2D eigenvalue weighted by Crippen LogP contribution is 2.21. The maximum Gasteiger partial charge on any atom is 0.341 e. The molecule has 0 aliphatic heterocycles. The third kappa shape index (κ3) is 2.37. The number of para-hydroxylation sites is 1. The number of nitrogens with zero attached hydrogens (tertiary/aromatic N) is 2. The van der Waals surface area contributed by atoms with E-state index in [9.17, 15) is 9.59 Å². The molecule has 1 heterocycles. The van der Waals surface area contributed by atoms with Crippen LogP contribution in [-0.2, 0) is 6.42 Å². The number of aromatic carboxylic acids is 1. The zero-order chi connectivity index (χ0) is 14.0. The van der Waals surface area contributed by atoms with Crippen LogP contribution in [0.5, 0.6) is 0 Å². The van der Waals surface area contributed by atoms with Gasteiger partial charge in [0, 0.05) is 0 Å². The standard InChI is InChI=1S/C13H11ClN2O3/c1-2-9-12(13(18)19)11(17)7-15-16(9)10-6-4-3-5-8(10)14/h3-7H,2H2,1H3,(H,18,19). The Morgan fingerprint density at radius 2 is 2.11 bits per heavy atom. The molecular weight excluding hydrogens is 268 g/mol. The molecule has 0 radical (unpaired) electrons. The van der Waals surface area contributed by atoms with Gasteiger partial charge in [0.1, 0.15) is 5.56 Å². The zero-order valence-electron chi connectivity index (χ0n) is 10.1. The van der Waals surface area contributed by atoms with Gasteiger partial charge in [0.2, 0.25) is 5.43 Å². The molecule has 6 heteroatoms. The van der Waals surface area contributed by atoms with Crippen LogP contribution >= 0.6 is 11.6 Å². The van der Waals surface area contributed by atoms with E-state index in [4.69, 9.17) is 16.7 Å². The van der Waals surface area contributed by atoms with Crippen molar-refractivity contribution in [2.24, 2.45) is 0 Å². The van der Waals surface area contributed by atoms with Gasteiger partial charge in [-0.25, -0.2) is 9.48 Å². The SMILES string of the molecule is CCc1c(C(=O)O)c(=O)cnn1-c1ccccc1Cl. The minimum absolute atomic E-state index is 0.266. The molecule has 0 aliphatic carbocycles. The first-order valence-corrected chi connectivity index (χ1v) is 6.03. The molecule has 1 N–H and O–H groups in total. The molecule has 0 atom stereocenters. The first-order chi connectivity index (χ1) is 9.06. The fraction of sp³-hybridized carbons (Fsp3) is 0.154. The van der Waals surface area contributed by atoms with Gasteiger partial charge in [-0.3, -0.25) is 4.79 Å². The normalized spacial score (nSPS) is 10.4. The highest BCUT2D eigenvalue weighted by molar-refractivity contribution is 6.32. The molecule has 0 saturated heterocycles. The molecule has 0 aliphatic rings. The smallest absolute Gasteiger partial charge is 0.341 e. The predicted molar refractivity (Wildman–Crippen MR) is 71.2 cm³/mol. The molecule has 0 saturated carbocycles. The van der Waals surface area contributed by atoms with Crippen LogP contribution in [0.1, 0.15) is 23.0 Å². The summed E-state index contributed by atoms with van der Waals surface area (Å²) >= 11 is 6.07. The zero-order valence-corrected chi connectivity index (χ0v) is 10.9. The average Bonchev–Trinajstić information content (AvgIpc) is 2.38. The van der Waals surface area contributed by atoms with Crippen molar-refractivity contribution in [3.63, 3.8) is 0 Å². The number of aromatic nitrogens is 2. The topological polar surface area (TPSA) is 72.2 Å². The Balaban J connectivity index is 2.79. The van der Waals surface area contributed by atoms with E-state index in [1.807, 2.05) is 0 Å². The monoisotopic (exact) mass is 278 g/mol. The Bertz CT molecular complexity index is 695. The quantitative estimate of drug-likeness (QED) is 0.934. The number of halogens is 1. The molecule has 2 rings (SSSR count). The number of benzene rings is 1. The van der Waals surface area contributed by atoms with Crippen molar-refractivity contribution in [2.45, 2.75) is 13.3 Å². The Morgan fingerprint density at radius 1 is 1.42 bits per heavy atom. The third-order valence-corrected chi connectivity index (χ3v) is 3.03. The predicted octanol–water partition coefficient (Wildman–Crippen LogP) is 2.15. The van der Waals surface area contributed by atoms with Crippen molar-refractivity contribution in [1.82, 2.24) is 9.78 Å². The van der Waals surface area contributed by atoms with Crippen LogP contribution in [0.15, 0.2) is 35.3 Å². The van der Waals surface area contributed by atoms with E-state index in [0.29, 0.717) is 22.8 Å². The Kier molecular flexibility index (Phi) is 3.66. The molecule has 98 valence electrons. The number of rotatable bonds is 3.